The average molecular weight is 751 g/mol. The molecule has 0 fully saturated rings. The van der Waals surface area contributed by atoms with Crippen LogP contribution in [0.2, 0.25) is 0 Å². The smallest absolute Gasteiger partial charge is 0.165 e. The van der Waals surface area contributed by atoms with Crippen LogP contribution >= 0.6 is 0 Å². The quantitative estimate of drug-likeness (QED) is 0.148. The second kappa shape index (κ2) is 11.4. The van der Waals surface area contributed by atoms with Gasteiger partial charge in [-0.3, -0.25) is 9.13 Å². The first kappa shape index (κ1) is 35.6. The van der Waals surface area contributed by atoms with Gasteiger partial charge < -0.3 is 0 Å². The van der Waals surface area contributed by atoms with Crippen molar-refractivity contribution >= 4 is 56.5 Å². The van der Waals surface area contributed by atoms with Gasteiger partial charge in [-0.15, -0.1) is 0 Å². The third kappa shape index (κ3) is 4.23. The summed E-state index contributed by atoms with van der Waals surface area (Å²) in [5.74, 6) is 4.51. The van der Waals surface area contributed by atoms with Crippen molar-refractivity contribution < 1.29 is 0 Å². The van der Waals surface area contributed by atoms with Crippen molar-refractivity contribution in [2.75, 3.05) is 0 Å². The van der Waals surface area contributed by atoms with Crippen LogP contribution in [0.15, 0.2) is 30.0 Å². The first-order valence-electron chi connectivity index (χ1n) is 20.2. The molecule has 8 nitrogen and oxygen atoms in total. The minimum absolute atomic E-state index is 0.409. The highest BCUT2D eigenvalue weighted by atomic mass is 15.3. The number of aliphatic imine (C=N–C) groups is 4. The predicted molar refractivity (Wildman–Crippen MR) is 236 cm³/mol. The van der Waals surface area contributed by atoms with Crippen LogP contribution in [0.4, 0.5) is 11.6 Å². The van der Waals surface area contributed by atoms with Crippen molar-refractivity contribution in [2.45, 2.75) is 117 Å². The van der Waals surface area contributed by atoms with Gasteiger partial charge in [0.2, 0.25) is 0 Å². The van der Waals surface area contributed by atoms with Crippen LogP contribution in [0.1, 0.15) is 111 Å². The summed E-state index contributed by atoms with van der Waals surface area (Å²) in [5.41, 5.74) is 25.7. The molecule has 6 aromatic rings. The molecule has 4 aliphatic rings. The molecule has 286 valence electrons. The highest BCUT2D eigenvalue weighted by Crippen LogP contribution is 2.47. The third-order valence-electron chi connectivity index (χ3n) is 15.1. The Labute approximate surface area is 334 Å². The number of aromatic nitrogens is 2. The molecule has 0 radical (unpaired) electrons. The van der Waals surface area contributed by atoms with E-state index < -0.39 is 0 Å². The first-order valence-corrected chi connectivity index (χ1v) is 20.2. The maximum Gasteiger partial charge on any atom is 0.165 e. The molecule has 57 heavy (non-hydrogen) atoms. The SMILES string of the molecule is Cc1c(C)c(C)c2c(c1C)C1=NC2=Nc2c3c(C)c(C)c(C)c(C)c3c3n2Cn2c(c4c(C)c(C)c(C)c(C)c4c2=NC2=NC(=N3)c3c(C)c(C)c(C)c(C)c32)=N1. The fraction of sp³-hybridized carbons (Fsp3) is 0.347. The van der Waals surface area contributed by atoms with Crippen molar-refractivity contribution in [2.24, 2.45) is 30.0 Å². The Balaban J connectivity index is 1.55. The summed E-state index contributed by atoms with van der Waals surface area (Å²) in [7, 11) is 0. The van der Waals surface area contributed by atoms with Crippen LogP contribution in [0, 0.1) is 111 Å². The van der Waals surface area contributed by atoms with E-state index in [0.717, 1.165) is 66.4 Å². The number of rotatable bonds is 0. The van der Waals surface area contributed by atoms with Crippen LogP contribution in [0.5, 0.6) is 0 Å². The van der Waals surface area contributed by atoms with E-state index in [0.29, 0.717) is 30.0 Å². The number of fused-ring (bicyclic) bond motifs is 14. The van der Waals surface area contributed by atoms with Crippen LogP contribution in [-0.2, 0) is 6.67 Å². The number of aryl methyl sites for hydroxylation is 4. The normalized spacial score (nSPS) is 14.9. The van der Waals surface area contributed by atoms with Gasteiger partial charge in [0, 0.05) is 43.8 Å². The number of benzene rings is 4. The maximum absolute atomic E-state index is 5.69. The lowest BCUT2D eigenvalue weighted by Crippen LogP contribution is -2.32. The maximum atomic E-state index is 5.69. The van der Waals surface area contributed by atoms with Crippen molar-refractivity contribution in [3.63, 3.8) is 0 Å². The van der Waals surface area contributed by atoms with Gasteiger partial charge in [-0.25, -0.2) is 30.0 Å². The van der Waals surface area contributed by atoms with Crippen molar-refractivity contribution in [3.8, 4) is 0 Å². The van der Waals surface area contributed by atoms with Gasteiger partial charge in [0.05, 0.1) is 0 Å². The standard InChI is InChI=1S/C49H50N8/c1-18-19(2)27(10)35-34(26(18)9)42-50-43(35)53-47-40-32(15)24(7)25(8)33(16)41(40)49-55-45-37-29(12)21(4)20(3)28(11)36(37)44(51-45)54-48-39-31(14)23(6)22(5)30(13)38(39)46(52-42)56(48)17-57(47)49/h17H2,1-16H3. The Morgan fingerprint density at radius 1 is 0.263 bits per heavy atom. The summed E-state index contributed by atoms with van der Waals surface area (Å²) in [6.07, 6.45) is 0. The van der Waals surface area contributed by atoms with Crippen LogP contribution in [0.3, 0.4) is 0 Å². The molecule has 0 aliphatic carbocycles. The molecular formula is C49H50N8. The Hall–Kier alpha value is -5.76. The second-order valence-electron chi connectivity index (χ2n) is 17.3. The van der Waals surface area contributed by atoms with Crippen LogP contribution in [0.25, 0.3) is 21.5 Å². The molecule has 10 rings (SSSR count). The summed E-state index contributed by atoms with van der Waals surface area (Å²) in [5, 5.41) is 4.42. The summed E-state index contributed by atoms with van der Waals surface area (Å²) in [6.45, 7) is 36.0. The molecule has 0 saturated heterocycles. The Morgan fingerprint density at radius 3 is 0.842 bits per heavy atom. The van der Waals surface area contributed by atoms with Crippen LogP contribution in [-0.4, -0.2) is 32.5 Å². The Morgan fingerprint density at radius 2 is 0.526 bits per heavy atom. The predicted octanol–water partition coefficient (Wildman–Crippen LogP) is 9.98. The molecule has 0 unspecified atom stereocenters. The minimum atomic E-state index is 0.409. The molecule has 0 amide bonds. The zero-order valence-corrected chi connectivity index (χ0v) is 36.3. The van der Waals surface area contributed by atoms with Crippen molar-refractivity contribution in [3.05, 3.63) is 122 Å². The van der Waals surface area contributed by atoms with Gasteiger partial charge in [-0.2, -0.15) is 0 Å². The lowest BCUT2D eigenvalue weighted by atomic mass is 9.89. The molecular weight excluding hydrogens is 701 g/mol. The number of hydrogen-bond donors (Lipinski definition) is 0. The molecule has 2 aromatic heterocycles. The van der Waals surface area contributed by atoms with Crippen molar-refractivity contribution in [1.29, 1.82) is 0 Å². The lowest BCUT2D eigenvalue weighted by Gasteiger charge is -2.15. The van der Waals surface area contributed by atoms with E-state index in [9.17, 15) is 0 Å². The molecule has 0 N–H and O–H groups in total. The van der Waals surface area contributed by atoms with Crippen LogP contribution < -0.4 is 11.0 Å². The average Bonchev–Trinajstić information content (AvgIpc) is 3.90. The molecule has 4 aliphatic heterocycles. The van der Waals surface area contributed by atoms with Gasteiger partial charge in [0.15, 0.2) is 23.3 Å². The van der Waals surface area contributed by atoms with E-state index in [-0.39, 0.29) is 0 Å². The van der Waals surface area contributed by atoms with E-state index in [2.05, 4.69) is 120 Å². The largest absolute Gasteiger partial charge is 0.291 e. The summed E-state index contributed by atoms with van der Waals surface area (Å²) >= 11 is 0. The lowest BCUT2D eigenvalue weighted by molar-refractivity contribution is 0.583. The van der Waals surface area contributed by atoms with Gasteiger partial charge >= 0.3 is 0 Å². The van der Waals surface area contributed by atoms with E-state index in [4.69, 9.17) is 30.0 Å². The van der Waals surface area contributed by atoms with E-state index in [1.54, 1.807) is 0 Å². The Bertz CT molecular complexity index is 3080. The number of nitrogens with zero attached hydrogens (tertiary/aromatic N) is 8. The molecule has 6 bridgehead atoms. The molecule has 0 saturated carbocycles. The van der Waals surface area contributed by atoms with Crippen molar-refractivity contribution in [1.82, 2.24) is 9.13 Å². The summed E-state index contributed by atoms with van der Waals surface area (Å²) < 4.78 is 4.63. The number of amidine groups is 4. The Kier molecular flexibility index (Phi) is 7.15. The van der Waals surface area contributed by atoms with Gasteiger partial charge in [0.25, 0.3) is 0 Å². The number of hydrogen-bond acceptors (Lipinski definition) is 6. The molecule has 6 heterocycles. The highest BCUT2D eigenvalue weighted by molar-refractivity contribution is 6.27. The molecule has 0 spiro atoms. The second-order valence-corrected chi connectivity index (χ2v) is 17.3. The monoisotopic (exact) mass is 750 g/mol. The van der Waals surface area contributed by atoms with Gasteiger partial charge in [-0.05, 0) is 200 Å². The van der Waals surface area contributed by atoms with E-state index in [1.165, 1.54) is 89.0 Å². The zero-order valence-electron chi connectivity index (χ0n) is 36.3. The molecule has 4 aromatic carbocycles. The first-order chi connectivity index (χ1) is 27.0. The highest BCUT2D eigenvalue weighted by Gasteiger charge is 2.35. The molecule has 0 atom stereocenters. The fourth-order valence-electron chi connectivity index (χ4n) is 10.2. The zero-order chi connectivity index (χ0) is 40.6. The van der Waals surface area contributed by atoms with E-state index in [1.807, 2.05) is 0 Å². The minimum Gasteiger partial charge on any atom is -0.291 e. The topological polar surface area (TPSA) is 84.0 Å². The third-order valence-corrected chi connectivity index (χ3v) is 15.1. The van der Waals surface area contributed by atoms with Gasteiger partial charge in [0.1, 0.15) is 29.3 Å². The van der Waals surface area contributed by atoms with E-state index >= 15 is 0 Å². The summed E-state index contributed by atoms with van der Waals surface area (Å²) in [4.78, 5) is 33.6. The summed E-state index contributed by atoms with van der Waals surface area (Å²) in [6, 6.07) is 0. The fourth-order valence-corrected chi connectivity index (χ4v) is 10.2. The van der Waals surface area contributed by atoms with Gasteiger partial charge in [-0.1, -0.05) is 0 Å². The molecule has 8 heteroatoms.